The number of rotatable bonds is 3. The topological polar surface area (TPSA) is 26.1 Å². The van der Waals surface area contributed by atoms with Gasteiger partial charge in [-0.25, -0.2) is 0 Å². The van der Waals surface area contributed by atoms with Gasteiger partial charge in [-0.2, -0.15) is 5.43 Å². The lowest BCUT2D eigenvalue weighted by atomic mass is 10.2. The summed E-state index contributed by atoms with van der Waals surface area (Å²) in [5.41, 5.74) is 11.2. The molecule has 0 spiro atoms. The molecule has 0 aliphatic carbocycles. The zero-order valence-electron chi connectivity index (χ0n) is 10.2. The van der Waals surface area contributed by atoms with Crippen LogP contribution in [0.2, 0.25) is 10.0 Å². The van der Waals surface area contributed by atoms with E-state index >= 15 is 0 Å². The number of hydrogen-bond donors (Lipinski definition) is 1. The van der Waals surface area contributed by atoms with E-state index < -0.39 is 0 Å². The van der Waals surface area contributed by atoms with Crippen LogP contribution in [0.1, 0.15) is 11.1 Å². The maximum absolute atomic E-state index is 5.96. The van der Waals surface area contributed by atoms with Gasteiger partial charge in [-0.3, -0.25) is 5.43 Å². The summed E-state index contributed by atoms with van der Waals surface area (Å²) in [7, 11) is 0. The van der Waals surface area contributed by atoms with Gasteiger partial charge in [0.25, 0.3) is 0 Å². The summed E-state index contributed by atoms with van der Waals surface area (Å²) in [5, 5.41) is 1.47. The first kappa shape index (κ1) is 13.1. The van der Waals surface area contributed by atoms with Gasteiger partial charge in [0.2, 0.25) is 0 Å². The fraction of sp³-hybridized carbons (Fsp3) is 0.143. The number of hydrogen-bond acceptors (Lipinski definition) is 1. The fourth-order valence-corrected chi connectivity index (χ4v) is 1.92. The summed E-state index contributed by atoms with van der Waals surface area (Å²) >= 11 is 11.9. The molecule has 0 heterocycles. The van der Waals surface area contributed by atoms with E-state index in [9.17, 15) is 0 Å². The molecule has 2 aromatic carbocycles. The van der Waals surface area contributed by atoms with E-state index in [-0.39, 0.29) is 0 Å². The summed E-state index contributed by atoms with van der Waals surface area (Å²) in [6.07, 6.45) is 0. The number of nitrogens with zero attached hydrogens (tertiary/aromatic N) is 1. The minimum Gasteiger partial charge on any atom is -0.278 e. The second kappa shape index (κ2) is 5.51. The lowest BCUT2D eigenvalue weighted by Gasteiger charge is -2.10. The van der Waals surface area contributed by atoms with Crippen LogP contribution in [0.25, 0.3) is 0 Å². The largest absolute Gasteiger partial charge is 0.278 e. The number of benzene rings is 2. The van der Waals surface area contributed by atoms with Gasteiger partial charge in [0.1, 0.15) is 0 Å². The van der Waals surface area contributed by atoms with Gasteiger partial charge in [0.15, 0.2) is 0 Å². The molecule has 0 fully saturated rings. The molecular weight excluding hydrogens is 267 g/mol. The maximum Gasteiger partial charge on any atom is 0.0837 e. The van der Waals surface area contributed by atoms with Crippen molar-refractivity contribution in [3.05, 3.63) is 57.6 Å². The van der Waals surface area contributed by atoms with Crippen molar-refractivity contribution in [1.29, 1.82) is 0 Å². The van der Waals surface area contributed by atoms with Crippen LogP contribution in [-0.2, 0) is 0 Å². The fourth-order valence-electron chi connectivity index (χ4n) is 1.58. The quantitative estimate of drug-likeness (QED) is 0.797. The molecule has 0 saturated heterocycles. The molecule has 0 saturated carbocycles. The maximum atomic E-state index is 5.96. The molecule has 2 rings (SSSR count). The summed E-state index contributed by atoms with van der Waals surface area (Å²) in [4.78, 5) is 0. The van der Waals surface area contributed by atoms with Gasteiger partial charge in [-0.15, -0.1) is 0 Å². The molecule has 93 valence electrons. The second-order valence-corrected chi connectivity index (χ2v) is 4.96. The molecule has 1 radical (unpaired) electrons. The molecule has 1 N–H and O–H groups in total. The van der Waals surface area contributed by atoms with E-state index in [1.165, 1.54) is 0 Å². The van der Waals surface area contributed by atoms with Gasteiger partial charge < -0.3 is 0 Å². The highest BCUT2D eigenvalue weighted by molar-refractivity contribution is 6.31. The van der Waals surface area contributed by atoms with Gasteiger partial charge in [0, 0.05) is 10.0 Å². The van der Waals surface area contributed by atoms with Crippen molar-refractivity contribution in [3.8, 4) is 0 Å². The lowest BCUT2D eigenvalue weighted by molar-refractivity contribution is 1.04. The van der Waals surface area contributed by atoms with Crippen molar-refractivity contribution in [3.63, 3.8) is 0 Å². The SMILES string of the molecule is Cc1cc([N]Nc2ccc(Cl)cc2C)ccc1Cl. The molecule has 0 aliphatic rings. The number of anilines is 1. The summed E-state index contributed by atoms with van der Waals surface area (Å²) < 4.78 is 0. The van der Waals surface area contributed by atoms with Crippen LogP contribution in [0.4, 0.5) is 11.4 Å². The molecule has 0 amide bonds. The Kier molecular flexibility index (Phi) is 4.00. The zero-order chi connectivity index (χ0) is 13.1. The molecule has 2 aromatic rings. The first-order chi connectivity index (χ1) is 8.56. The van der Waals surface area contributed by atoms with Crippen LogP contribution in [-0.4, -0.2) is 0 Å². The summed E-state index contributed by atoms with van der Waals surface area (Å²) in [5.74, 6) is 0. The molecular formula is C14H13Cl2N2. The van der Waals surface area contributed by atoms with Crippen LogP contribution in [0.3, 0.4) is 0 Å². The predicted octanol–water partition coefficient (Wildman–Crippen LogP) is 4.87. The smallest absolute Gasteiger partial charge is 0.0837 e. The van der Waals surface area contributed by atoms with E-state index in [1.807, 2.05) is 50.2 Å². The Morgan fingerprint density at radius 2 is 1.72 bits per heavy atom. The third kappa shape index (κ3) is 3.09. The Morgan fingerprint density at radius 3 is 2.39 bits per heavy atom. The first-order valence-electron chi connectivity index (χ1n) is 5.55. The van der Waals surface area contributed by atoms with E-state index in [1.54, 1.807) is 0 Å². The normalized spacial score (nSPS) is 10.2. The van der Waals surface area contributed by atoms with Crippen molar-refractivity contribution >= 4 is 34.6 Å². The lowest BCUT2D eigenvalue weighted by Crippen LogP contribution is -2.08. The number of nitrogens with one attached hydrogen (secondary N) is 1. The Labute approximate surface area is 117 Å². The second-order valence-electron chi connectivity index (χ2n) is 4.12. The van der Waals surface area contributed by atoms with E-state index in [0.717, 1.165) is 32.5 Å². The Bertz CT molecular complexity index is 568. The van der Waals surface area contributed by atoms with Crippen molar-refractivity contribution in [2.75, 3.05) is 5.43 Å². The van der Waals surface area contributed by atoms with E-state index in [2.05, 4.69) is 10.9 Å². The molecule has 0 unspecified atom stereocenters. The summed E-state index contributed by atoms with van der Waals surface area (Å²) in [6.45, 7) is 3.94. The third-order valence-electron chi connectivity index (χ3n) is 2.64. The number of halogens is 2. The molecule has 4 heteroatoms. The minimum absolute atomic E-state index is 0.723. The zero-order valence-corrected chi connectivity index (χ0v) is 11.7. The van der Waals surface area contributed by atoms with Crippen LogP contribution >= 0.6 is 23.2 Å². The van der Waals surface area contributed by atoms with Crippen molar-refractivity contribution in [1.82, 2.24) is 5.43 Å². The van der Waals surface area contributed by atoms with Crippen molar-refractivity contribution in [2.24, 2.45) is 0 Å². The van der Waals surface area contributed by atoms with E-state index in [0.29, 0.717) is 0 Å². The van der Waals surface area contributed by atoms with Crippen LogP contribution in [0.5, 0.6) is 0 Å². The van der Waals surface area contributed by atoms with Gasteiger partial charge in [-0.1, -0.05) is 23.2 Å². The standard InChI is InChI=1S/C14H13Cl2N2/c1-9-8-12(4-5-13(9)16)17-18-14-6-3-11(15)7-10(14)2/h3-8,18H,1-2H3. The molecule has 18 heavy (non-hydrogen) atoms. The van der Waals surface area contributed by atoms with Gasteiger partial charge in [-0.05, 0) is 61.4 Å². The Balaban J connectivity index is 2.09. The average molecular weight is 280 g/mol. The monoisotopic (exact) mass is 279 g/mol. The molecule has 0 bridgehead atoms. The van der Waals surface area contributed by atoms with Gasteiger partial charge >= 0.3 is 0 Å². The highest BCUT2D eigenvalue weighted by atomic mass is 35.5. The van der Waals surface area contributed by atoms with E-state index in [4.69, 9.17) is 23.2 Å². The Hall–Kier alpha value is -1.38. The Morgan fingerprint density at radius 1 is 0.944 bits per heavy atom. The van der Waals surface area contributed by atoms with Crippen LogP contribution in [0.15, 0.2) is 36.4 Å². The molecule has 2 nitrogen and oxygen atoms in total. The summed E-state index contributed by atoms with van der Waals surface area (Å²) in [6, 6.07) is 11.3. The molecule has 0 atom stereocenters. The van der Waals surface area contributed by atoms with Crippen molar-refractivity contribution in [2.45, 2.75) is 13.8 Å². The highest BCUT2D eigenvalue weighted by Crippen LogP contribution is 2.22. The first-order valence-corrected chi connectivity index (χ1v) is 6.31. The number of aryl methyl sites for hydroxylation is 2. The van der Waals surface area contributed by atoms with Crippen molar-refractivity contribution < 1.29 is 0 Å². The minimum atomic E-state index is 0.723. The molecule has 0 aromatic heterocycles. The highest BCUT2D eigenvalue weighted by Gasteiger charge is 2.01. The average Bonchev–Trinajstić information content (AvgIpc) is 2.32. The van der Waals surface area contributed by atoms with Gasteiger partial charge in [0.05, 0.1) is 11.4 Å². The van der Waals surface area contributed by atoms with Crippen LogP contribution < -0.4 is 10.9 Å². The predicted molar refractivity (Wildman–Crippen MR) is 77.8 cm³/mol. The third-order valence-corrected chi connectivity index (χ3v) is 3.29. The van der Waals surface area contributed by atoms with Crippen LogP contribution in [0, 0.1) is 13.8 Å². The molecule has 0 aliphatic heterocycles.